The maximum absolute atomic E-state index is 3.75. The standard InChI is InChI=1S/C42H42N2.C31H19N/c1-3-5-7-13-23-43-39-27-31-17-11-9-15-29(31)25-37(39)35-21-20-34-33(41(35)43)19-22-36-38-26-30-16-10-12-18-32(30)28-40(38)44(42(34)36)24-14-8-6-4-2;1-2-6-19-14-27-22(13-18(19)5-1)16-28-23-9-12-26-29-15-20-7-3-4-8-21(20)17-30(29)32-31(26)25(23)11-10-24(27)28/h9-12,15-22,25-28H,3-8,13-14,23-24H2,1-2H3;1-15,17,32H,16H2. The van der Waals surface area contributed by atoms with Gasteiger partial charge in [0.1, 0.15) is 0 Å². The predicted molar refractivity (Wildman–Crippen MR) is 330 cm³/mol. The second-order valence-corrected chi connectivity index (χ2v) is 22.0. The molecule has 3 heteroatoms. The third-order valence-corrected chi connectivity index (χ3v) is 17.4. The van der Waals surface area contributed by atoms with Gasteiger partial charge in [-0.05, 0) is 132 Å². The summed E-state index contributed by atoms with van der Waals surface area (Å²) >= 11 is 0. The highest BCUT2D eigenvalue weighted by molar-refractivity contribution is 6.27. The van der Waals surface area contributed by atoms with Gasteiger partial charge in [-0.2, -0.15) is 0 Å². The lowest BCUT2D eigenvalue weighted by Gasteiger charge is -2.13. The van der Waals surface area contributed by atoms with E-state index in [-0.39, 0.29) is 0 Å². The number of rotatable bonds is 10. The number of nitrogens with zero attached hydrogens (tertiary/aromatic N) is 2. The molecule has 0 saturated carbocycles. The van der Waals surface area contributed by atoms with Crippen molar-refractivity contribution < 1.29 is 0 Å². The van der Waals surface area contributed by atoms with Crippen LogP contribution in [-0.2, 0) is 19.5 Å². The Balaban J connectivity index is 0.000000140. The van der Waals surface area contributed by atoms with Crippen molar-refractivity contribution in [1.82, 2.24) is 14.1 Å². The van der Waals surface area contributed by atoms with Gasteiger partial charge in [-0.3, -0.25) is 0 Å². The zero-order valence-electron chi connectivity index (χ0n) is 43.6. The van der Waals surface area contributed by atoms with Crippen molar-refractivity contribution >= 4 is 130 Å². The third-order valence-electron chi connectivity index (χ3n) is 17.4. The normalized spacial score (nSPS) is 12.6. The zero-order valence-corrected chi connectivity index (χ0v) is 43.6. The molecule has 1 N–H and O–H groups in total. The molecule has 1 aliphatic carbocycles. The Morgan fingerprint density at radius 2 is 0.750 bits per heavy atom. The summed E-state index contributed by atoms with van der Waals surface area (Å²) in [7, 11) is 0. The summed E-state index contributed by atoms with van der Waals surface area (Å²) < 4.78 is 5.31. The van der Waals surface area contributed by atoms with Crippen molar-refractivity contribution in [3.63, 3.8) is 0 Å². The van der Waals surface area contributed by atoms with Gasteiger partial charge in [0.25, 0.3) is 0 Å². The van der Waals surface area contributed by atoms with Crippen LogP contribution in [0.5, 0.6) is 0 Å². The Morgan fingerprint density at radius 3 is 1.28 bits per heavy atom. The highest BCUT2D eigenvalue weighted by Gasteiger charge is 2.23. The van der Waals surface area contributed by atoms with E-state index in [0.29, 0.717) is 0 Å². The lowest BCUT2D eigenvalue weighted by Crippen LogP contribution is -2.00. The first-order valence-corrected chi connectivity index (χ1v) is 28.2. The van der Waals surface area contributed by atoms with Crippen molar-refractivity contribution in [3.05, 3.63) is 205 Å². The number of nitrogens with one attached hydrogen (secondary N) is 1. The summed E-state index contributed by atoms with van der Waals surface area (Å²) in [6.45, 7) is 6.72. The maximum atomic E-state index is 3.75. The molecule has 15 aromatic rings. The highest BCUT2D eigenvalue weighted by Crippen LogP contribution is 2.46. The summed E-state index contributed by atoms with van der Waals surface area (Å²) in [6, 6.07) is 73.0. The van der Waals surface area contributed by atoms with E-state index >= 15 is 0 Å². The van der Waals surface area contributed by atoms with Crippen LogP contribution < -0.4 is 0 Å². The van der Waals surface area contributed by atoms with Crippen LogP contribution in [0.3, 0.4) is 0 Å². The van der Waals surface area contributed by atoms with Gasteiger partial charge in [0.15, 0.2) is 0 Å². The Hall–Kier alpha value is -8.40. The number of benzene rings is 12. The third kappa shape index (κ3) is 7.16. The Labute approximate surface area is 443 Å². The first-order chi connectivity index (χ1) is 37.6. The molecule has 0 atom stereocenters. The minimum atomic E-state index is 1.00. The quantitative estimate of drug-likeness (QED) is 0.132. The molecular weight excluding hydrogens is 919 g/mol. The fourth-order valence-corrected chi connectivity index (χ4v) is 13.7. The summed E-state index contributed by atoms with van der Waals surface area (Å²) in [5.41, 5.74) is 13.7. The number of aryl methyl sites for hydroxylation is 2. The van der Waals surface area contributed by atoms with Crippen LogP contribution >= 0.6 is 0 Å². The first-order valence-electron chi connectivity index (χ1n) is 28.2. The molecule has 16 rings (SSSR count). The van der Waals surface area contributed by atoms with Gasteiger partial charge < -0.3 is 14.1 Å². The maximum Gasteiger partial charge on any atom is 0.0571 e. The molecule has 12 aromatic carbocycles. The van der Waals surface area contributed by atoms with Gasteiger partial charge in [0.2, 0.25) is 0 Å². The topological polar surface area (TPSA) is 25.6 Å². The average Bonchev–Trinajstić information content (AvgIpc) is 4.30. The van der Waals surface area contributed by atoms with E-state index in [1.54, 1.807) is 0 Å². The van der Waals surface area contributed by atoms with E-state index in [4.69, 9.17) is 0 Å². The molecule has 3 aromatic heterocycles. The molecule has 0 aliphatic heterocycles. The summed E-state index contributed by atoms with van der Waals surface area (Å²) in [5.74, 6) is 0. The molecule has 368 valence electrons. The lowest BCUT2D eigenvalue weighted by molar-refractivity contribution is 0.602. The molecule has 0 saturated heterocycles. The first kappa shape index (κ1) is 45.0. The molecule has 0 amide bonds. The molecular formula is C73H61N3. The van der Waals surface area contributed by atoms with Crippen molar-refractivity contribution in [1.29, 1.82) is 0 Å². The molecule has 0 fully saturated rings. The van der Waals surface area contributed by atoms with Crippen molar-refractivity contribution in [2.24, 2.45) is 0 Å². The van der Waals surface area contributed by atoms with Crippen molar-refractivity contribution in [3.8, 4) is 11.1 Å². The summed E-state index contributed by atoms with van der Waals surface area (Å²) in [5, 5.41) is 24.1. The molecule has 76 heavy (non-hydrogen) atoms. The Morgan fingerprint density at radius 1 is 0.342 bits per heavy atom. The monoisotopic (exact) mass is 979 g/mol. The molecule has 0 spiro atoms. The SMILES string of the molecule is CCCCCCn1c2cc3ccccc3cc2c2ccc3c(ccc4c5cc6ccccc6cc5n(CCCCCC)c43)c21.c1ccc2cc3c(cc2c1)Cc1c-3ccc2c1ccc1c3cc4ccccc4cc3[nH]c21. The van der Waals surface area contributed by atoms with Crippen LogP contribution in [0.15, 0.2) is 194 Å². The van der Waals surface area contributed by atoms with E-state index in [1.165, 1.54) is 204 Å². The number of aromatic amines is 1. The van der Waals surface area contributed by atoms with E-state index < -0.39 is 0 Å². The van der Waals surface area contributed by atoms with Gasteiger partial charge in [-0.15, -0.1) is 0 Å². The van der Waals surface area contributed by atoms with E-state index in [0.717, 1.165) is 19.5 Å². The minimum Gasteiger partial charge on any atom is -0.354 e. The van der Waals surface area contributed by atoms with Crippen LogP contribution in [-0.4, -0.2) is 14.1 Å². The summed E-state index contributed by atoms with van der Waals surface area (Å²) in [6.07, 6.45) is 11.1. The minimum absolute atomic E-state index is 1.00. The average molecular weight is 980 g/mol. The van der Waals surface area contributed by atoms with Gasteiger partial charge in [-0.1, -0.05) is 204 Å². The van der Waals surface area contributed by atoms with E-state index in [9.17, 15) is 0 Å². The van der Waals surface area contributed by atoms with Gasteiger partial charge in [-0.25, -0.2) is 0 Å². The largest absolute Gasteiger partial charge is 0.354 e. The van der Waals surface area contributed by atoms with Gasteiger partial charge >= 0.3 is 0 Å². The Kier molecular flexibility index (Phi) is 10.8. The smallest absolute Gasteiger partial charge is 0.0571 e. The number of aromatic nitrogens is 3. The lowest BCUT2D eigenvalue weighted by atomic mass is 9.96. The zero-order chi connectivity index (χ0) is 50.4. The van der Waals surface area contributed by atoms with E-state index in [2.05, 4.69) is 222 Å². The number of H-pyrrole nitrogens is 1. The number of hydrogen-bond acceptors (Lipinski definition) is 0. The van der Waals surface area contributed by atoms with Crippen molar-refractivity contribution in [2.75, 3.05) is 0 Å². The molecule has 0 unspecified atom stereocenters. The molecule has 3 heterocycles. The van der Waals surface area contributed by atoms with Gasteiger partial charge in [0.05, 0.1) is 16.6 Å². The van der Waals surface area contributed by atoms with Crippen LogP contribution in [0, 0.1) is 0 Å². The van der Waals surface area contributed by atoms with Crippen LogP contribution in [0.4, 0.5) is 0 Å². The van der Waals surface area contributed by atoms with Crippen LogP contribution in [0.25, 0.3) is 141 Å². The fraction of sp³-hybridized carbons (Fsp3) is 0.178. The number of fused-ring (bicyclic) bond motifs is 22. The Bertz CT molecular complexity index is 4660. The number of hydrogen-bond donors (Lipinski definition) is 1. The summed E-state index contributed by atoms with van der Waals surface area (Å²) in [4.78, 5) is 3.75. The van der Waals surface area contributed by atoms with Crippen molar-refractivity contribution in [2.45, 2.75) is 84.7 Å². The molecule has 0 bridgehead atoms. The highest BCUT2D eigenvalue weighted by atomic mass is 15.0. The molecule has 3 nitrogen and oxygen atoms in total. The number of unbranched alkanes of at least 4 members (excludes halogenated alkanes) is 6. The second-order valence-electron chi connectivity index (χ2n) is 22.0. The second kappa shape index (κ2) is 18.2. The van der Waals surface area contributed by atoms with E-state index in [1.807, 2.05) is 0 Å². The fourth-order valence-electron chi connectivity index (χ4n) is 13.7. The molecule has 0 radical (unpaired) electrons. The van der Waals surface area contributed by atoms with Crippen LogP contribution in [0.2, 0.25) is 0 Å². The van der Waals surface area contributed by atoms with Crippen LogP contribution in [0.1, 0.15) is 76.3 Å². The predicted octanol–water partition coefficient (Wildman–Crippen LogP) is 20.9. The van der Waals surface area contributed by atoms with Gasteiger partial charge in [0, 0.05) is 78.1 Å². The molecule has 1 aliphatic rings.